The Bertz CT molecular complexity index is 1440. The minimum absolute atomic E-state index is 0.00712. The molecule has 5 atom stereocenters. The van der Waals surface area contributed by atoms with E-state index in [0.717, 1.165) is 19.1 Å². The summed E-state index contributed by atoms with van der Waals surface area (Å²) in [5.41, 5.74) is -2.92. The molecule has 1 aliphatic rings. The zero-order valence-corrected chi connectivity index (χ0v) is 21.9. The van der Waals surface area contributed by atoms with Crippen LogP contribution in [0.4, 0.5) is 5.69 Å². The first-order valence-electron chi connectivity index (χ1n) is 12.4. The monoisotopic (exact) mass is 563 g/mol. The van der Waals surface area contributed by atoms with Crippen LogP contribution in [-0.4, -0.2) is 63.9 Å². The summed E-state index contributed by atoms with van der Waals surface area (Å²) in [7, 11) is 0. The fourth-order valence-electron chi connectivity index (χ4n) is 4.32. The van der Waals surface area contributed by atoms with E-state index in [0.29, 0.717) is 0 Å². The van der Waals surface area contributed by atoms with Crippen molar-refractivity contribution in [3.8, 4) is 0 Å². The largest absolute Gasteiger partial charge is 0.456 e. The second-order valence-electron chi connectivity index (χ2n) is 9.17. The SMILES string of the molecule is CC(=O)OC1O[C@H](C(C)OC(=O)c2ccc([N+](=O)[O-])cc2)[C@@H](OC(=O)c2ccccc2)[C@]1(O)C(=O)c1ccccc1. The number of hydrogen-bond acceptors (Lipinski definition) is 11. The smallest absolute Gasteiger partial charge is 0.338 e. The molecule has 1 N–H and O–H groups in total. The first-order chi connectivity index (χ1) is 19.5. The number of esters is 3. The number of nitrogens with zero attached hydrogens (tertiary/aromatic N) is 1. The highest BCUT2D eigenvalue weighted by Crippen LogP contribution is 2.39. The van der Waals surface area contributed by atoms with E-state index in [-0.39, 0.29) is 22.4 Å². The van der Waals surface area contributed by atoms with Gasteiger partial charge >= 0.3 is 17.9 Å². The Hall–Kier alpha value is -4.94. The second-order valence-corrected chi connectivity index (χ2v) is 9.17. The van der Waals surface area contributed by atoms with Gasteiger partial charge in [0.05, 0.1) is 16.1 Å². The van der Waals surface area contributed by atoms with Gasteiger partial charge in [-0.3, -0.25) is 19.7 Å². The fourth-order valence-corrected chi connectivity index (χ4v) is 4.32. The molecule has 0 spiro atoms. The Morgan fingerprint density at radius 1 is 0.854 bits per heavy atom. The fraction of sp³-hybridized carbons (Fsp3) is 0.241. The number of carbonyl (C=O) groups is 4. The van der Waals surface area contributed by atoms with Crippen molar-refractivity contribution in [2.45, 2.75) is 44.1 Å². The van der Waals surface area contributed by atoms with Gasteiger partial charge in [0.2, 0.25) is 17.7 Å². The number of aliphatic hydroxyl groups is 1. The van der Waals surface area contributed by atoms with Crippen LogP contribution in [0.15, 0.2) is 84.9 Å². The molecule has 4 rings (SSSR count). The molecule has 12 nitrogen and oxygen atoms in total. The molecule has 0 aliphatic carbocycles. The normalized spacial score (nSPS) is 22.3. The number of nitro benzene ring substituents is 1. The average Bonchev–Trinajstić information content (AvgIpc) is 3.24. The first-order valence-corrected chi connectivity index (χ1v) is 12.4. The van der Waals surface area contributed by atoms with Crippen molar-refractivity contribution in [3.05, 3.63) is 112 Å². The molecule has 12 heteroatoms. The van der Waals surface area contributed by atoms with E-state index in [1.54, 1.807) is 36.4 Å². The maximum atomic E-state index is 13.7. The number of hydrogen-bond donors (Lipinski definition) is 1. The van der Waals surface area contributed by atoms with Crippen LogP contribution < -0.4 is 0 Å². The third-order valence-corrected chi connectivity index (χ3v) is 6.36. The molecular formula is C29H25NO11. The Morgan fingerprint density at radius 2 is 1.39 bits per heavy atom. The lowest BCUT2D eigenvalue weighted by Crippen LogP contribution is -2.58. The molecule has 212 valence electrons. The molecule has 1 heterocycles. The molecule has 0 radical (unpaired) electrons. The van der Waals surface area contributed by atoms with E-state index >= 15 is 0 Å². The Morgan fingerprint density at radius 3 is 1.93 bits per heavy atom. The standard InChI is InChI=1S/C29H25NO11/c1-17(38-26(33)21-13-15-22(16-14-21)30(36)37)23-25(41-27(34)20-11-7-4-8-12-20)29(35,28(40-23)39-18(2)31)24(32)19-9-5-3-6-10-19/h3-17,23,25,28,35H,1-2H3/t17?,23-,25-,28?,29-/m1/s1. The lowest BCUT2D eigenvalue weighted by Gasteiger charge is -2.32. The van der Waals surface area contributed by atoms with Gasteiger partial charge in [0.1, 0.15) is 12.2 Å². The molecule has 0 aromatic heterocycles. The van der Waals surface area contributed by atoms with E-state index < -0.39 is 58.8 Å². The number of nitro groups is 1. The molecule has 3 aromatic rings. The summed E-state index contributed by atoms with van der Waals surface area (Å²) >= 11 is 0. The minimum atomic E-state index is -2.74. The Labute approximate surface area is 233 Å². The van der Waals surface area contributed by atoms with Crippen LogP contribution in [0.1, 0.15) is 44.9 Å². The molecule has 0 amide bonds. The molecule has 3 aromatic carbocycles. The van der Waals surface area contributed by atoms with E-state index in [9.17, 15) is 34.4 Å². The molecule has 1 fully saturated rings. The molecule has 0 bridgehead atoms. The number of benzene rings is 3. The summed E-state index contributed by atoms with van der Waals surface area (Å²) in [6.07, 6.45) is -6.53. The molecule has 0 saturated carbocycles. The third-order valence-electron chi connectivity index (χ3n) is 6.36. The number of carbonyl (C=O) groups excluding carboxylic acids is 4. The van der Waals surface area contributed by atoms with Gasteiger partial charge in [-0.1, -0.05) is 48.5 Å². The van der Waals surface area contributed by atoms with E-state index in [1.165, 1.54) is 43.3 Å². The highest BCUT2D eigenvalue weighted by Gasteiger charge is 2.66. The Balaban J connectivity index is 1.70. The number of Topliss-reactive ketones (excluding diaryl/α,β-unsaturated/α-hetero) is 1. The molecule has 1 saturated heterocycles. The van der Waals surface area contributed by atoms with Crippen molar-refractivity contribution in [2.75, 3.05) is 0 Å². The predicted molar refractivity (Wildman–Crippen MR) is 140 cm³/mol. The quantitative estimate of drug-likeness (QED) is 0.133. The van der Waals surface area contributed by atoms with Crippen molar-refractivity contribution in [1.29, 1.82) is 0 Å². The second kappa shape index (κ2) is 12.1. The average molecular weight is 564 g/mol. The lowest BCUT2D eigenvalue weighted by molar-refractivity contribution is -0.384. The van der Waals surface area contributed by atoms with Gasteiger partial charge in [-0.15, -0.1) is 0 Å². The summed E-state index contributed by atoms with van der Waals surface area (Å²) in [5, 5.41) is 22.8. The van der Waals surface area contributed by atoms with Crippen LogP contribution in [0.25, 0.3) is 0 Å². The number of ketones is 1. The highest BCUT2D eigenvalue weighted by atomic mass is 16.7. The number of non-ortho nitro benzene ring substituents is 1. The van der Waals surface area contributed by atoms with Crippen LogP contribution >= 0.6 is 0 Å². The van der Waals surface area contributed by atoms with E-state index in [1.807, 2.05) is 0 Å². The van der Waals surface area contributed by atoms with Crippen molar-refractivity contribution >= 4 is 29.4 Å². The summed E-state index contributed by atoms with van der Waals surface area (Å²) in [6.45, 7) is 2.40. The maximum Gasteiger partial charge on any atom is 0.338 e. The van der Waals surface area contributed by atoms with Crippen LogP contribution in [-0.2, 0) is 23.7 Å². The van der Waals surface area contributed by atoms with Crippen LogP contribution in [0.5, 0.6) is 0 Å². The third kappa shape index (κ3) is 6.13. The van der Waals surface area contributed by atoms with Gasteiger partial charge in [0.15, 0.2) is 6.10 Å². The van der Waals surface area contributed by atoms with Crippen LogP contribution in [0.3, 0.4) is 0 Å². The van der Waals surface area contributed by atoms with Crippen LogP contribution in [0.2, 0.25) is 0 Å². The van der Waals surface area contributed by atoms with Crippen molar-refractivity contribution in [3.63, 3.8) is 0 Å². The molecule has 2 unspecified atom stereocenters. The molecule has 41 heavy (non-hydrogen) atoms. The minimum Gasteiger partial charge on any atom is -0.456 e. The van der Waals surface area contributed by atoms with Crippen LogP contribution in [0, 0.1) is 10.1 Å². The van der Waals surface area contributed by atoms with E-state index in [4.69, 9.17) is 18.9 Å². The van der Waals surface area contributed by atoms with Crippen molar-refractivity contribution < 1.29 is 48.2 Å². The topological polar surface area (TPSA) is 169 Å². The lowest BCUT2D eigenvalue weighted by atomic mass is 9.85. The van der Waals surface area contributed by atoms with Gasteiger partial charge in [-0.25, -0.2) is 9.59 Å². The van der Waals surface area contributed by atoms with Crippen molar-refractivity contribution in [2.24, 2.45) is 0 Å². The first kappa shape index (κ1) is 29.1. The Kier molecular flexibility index (Phi) is 8.55. The summed E-state index contributed by atoms with van der Waals surface area (Å²) < 4.78 is 22.1. The maximum absolute atomic E-state index is 13.7. The van der Waals surface area contributed by atoms with Gasteiger partial charge in [-0.05, 0) is 31.2 Å². The zero-order valence-electron chi connectivity index (χ0n) is 21.9. The van der Waals surface area contributed by atoms with E-state index in [2.05, 4.69) is 0 Å². The van der Waals surface area contributed by atoms with Gasteiger partial charge in [0.25, 0.3) is 5.69 Å². The zero-order chi connectivity index (χ0) is 29.7. The van der Waals surface area contributed by atoms with Crippen molar-refractivity contribution in [1.82, 2.24) is 0 Å². The number of ether oxygens (including phenoxy) is 4. The highest BCUT2D eigenvalue weighted by molar-refractivity contribution is 6.04. The number of rotatable bonds is 9. The summed E-state index contributed by atoms with van der Waals surface area (Å²) in [5.74, 6) is -3.72. The van der Waals surface area contributed by atoms with Gasteiger partial charge in [0, 0.05) is 24.6 Å². The summed E-state index contributed by atoms with van der Waals surface area (Å²) in [4.78, 5) is 61.9. The van der Waals surface area contributed by atoms with Gasteiger partial charge in [-0.2, -0.15) is 0 Å². The summed E-state index contributed by atoms with van der Waals surface area (Å²) in [6, 6.07) is 19.9. The predicted octanol–water partition coefficient (Wildman–Crippen LogP) is 3.27. The van der Waals surface area contributed by atoms with Gasteiger partial charge < -0.3 is 24.1 Å². The molecule has 1 aliphatic heterocycles. The molecular weight excluding hydrogens is 538 g/mol.